The Balaban J connectivity index is 2.02. The highest BCUT2D eigenvalue weighted by Gasteiger charge is 2.37. The van der Waals surface area contributed by atoms with Crippen LogP contribution in [0.1, 0.15) is 36.6 Å². The lowest BCUT2D eigenvalue weighted by atomic mass is 9.81. The Morgan fingerprint density at radius 2 is 1.50 bits per heavy atom. The van der Waals surface area contributed by atoms with E-state index >= 15 is 0 Å². The third-order valence-corrected chi connectivity index (χ3v) is 5.87. The van der Waals surface area contributed by atoms with Gasteiger partial charge in [-0.05, 0) is 36.4 Å². The van der Waals surface area contributed by atoms with E-state index in [1.807, 2.05) is 43.3 Å². The zero-order valence-electron chi connectivity index (χ0n) is 14.9. The zero-order chi connectivity index (χ0) is 18.8. The lowest BCUT2D eigenvalue weighted by Crippen LogP contribution is -2.41. The number of hydrogen-bond acceptors (Lipinski definition) is 4. The molecule has 0 radical (unpaired) electrons. The second-order valence-corrected chi connectivity index (χ2v) is 8.26. The number of Topliss-reactive ketones (excluding diaryl/α,β-unsaturated/α-hetero) is 1. The van der Waals surface area contributed by atoms with Crippen molar-refractivity contribution in [2.75, 3.05) is 14.2 Å². The van der Waals surface area contributed by atoms with Gasteiger partial charge in [0.2, 0.25) is 0 Å². The van der Waals surface area contributed by atoms with E-state index in [4.69, 9.17) is 9.47 Å². The van der Waals surface area contributed by atoms with Gasteiger partial charge < -0.3 is 14.8 Å². The second kappa shape index (κ2) is 8.11. The molecule has 0 amide bonds. The fourth-order valence-electron chi connectivity index (χ4n) is 3.48. The van der Waals surface area contributed by atoms with Crippen molar-refractivity contribution < 1.29 is 14.3 Å². The van der Waals surface area contributed by atoms with Gasteiger partial charge in [0.05, 0.1) is 14.2 Å². The van der Waals surface area contributed by atoms with Gasteiger partial charge in [0.25, 0.3) is 0 Å². The predicted octanol–water partition coefficient (Wildman–Crippen LogP) is 5.21. The van der Waals surface area contributed by atoms with Gasteiger partial charge in [-0.2, -0.15) is 0 Å². The molecule has 4 nitrogen and oxygen atoms in total. The van der Waals surface area contributed by atoms with Crippen LogP contribution in [0.25, 0.3) is 0 Å². The number of ketones is 1. The molecule has 1 heterocycles. The van der Waals surface area contributed by atoms with Crippen LogP contribution in [-0.4, -0.2) is 20.0 Å². The summed E-state index contributed by atoms with van der Waals surface area (Å²) in [7, 11) is 3.30. The molecule has 1 saturated heterocycles. The molecule has 138 valence electrons. The second-order valence-electron chi connectivity index (χ2n) is 6.43. The van der Waals surface area contributed by atoms with E-state index in [2.05, 4.69) is 37.2 Å². The van der Waals surface area contributed by atoms with Gasteiger partial charge in [0, 0.05) is 44.5 Å². The molecule has 0 unspecified atom stereocenters. The quantitative estimate of drug-likeness (QED) is 0.649. The Kier molecular flexibility index (Phi) is 6.05. The average molecular weight is 483 g/mol. The number of carbonyl (C=O) groups excluding carboxylic acids is 1. The fraction of sp³-hybridized carbons (Fsp3) is 0.350. The minimum absolute atomic E-state index is 0.125. The summed E-state index contributed by atoms with van der Waals surface area (Å²) >= 11 is 7.04. The monoisotopic (exact) mass is 481 g/mol. The number of benzene rings is 2. The van der Waals surface area contributed by atoms with E-state index in [-0.39, 0.29) is 23.8 Å². The Morgan fingerprint density at radius 3 is 2.08 bits per heavy atom. The van der Waals surface area contributed by atoms with Crippen LogP contribution in [0.5, 0.6) is 11.5 Å². The topological polar surface area (TPSA) is 47.6 Å². The molecule has 0 aliphatic carbocycles. The minimum Gasteiger partial charge on any atom is -0.496 e. The van der Waals surface area contributed by atoms with Gasteiger partial charge in [-0.25, -0.2) is 0 Å². The first kappa shape index (κ1) is 19.4. The highest BCUT2D eigenvalue weighted by Crippen LogP contribution is 2.41. The van der Waals surface area contributed by atoms with Crippen LogP contribution in [0, 0.1) is 5.92 Å². The molecule has 3 rings (SSSR count). The number of halogens is 2. The van der Waals surface area contributed by atoms with Gasteiger partial charge in [0.1, 0.15) is 17.3 Å². The number of carbonyl (C=O) groups is 1. The number of hydrogen-bond donors (Lipinski definition) is 1. The Bertz CT molecular complexity index is 825. The lowest BCUT2D eigenvalue weighted by molar-refractivity contribution is -0.126. The molecule has 6 heteroatoms. The van der Waals surface area contributed by atoms with Crippen LogP contribution >= 0.6 is 31.9 Å². The molecule has 1 fully saturated rings. The summed E-state index contributed by atoms with van der Waals surface area (Å²) in [5.74, 6) is 1.62. The van der Waals surface area contributed by atoms with Crippen LogP contribution in [-0.2, 0) is 4.79 Å². The number of nitrogens with one attached hydrogen (secondary N) is 1. The summed E-state index contributed by atoms with van der Waals surface area (Å²) in [6.45, 7) is 1.97. The van der Waals surface area contributed by atoms with Crippen molar-refractivity contribution in [2.24, 2.45) is 5.92 Å². The Morgan fingerprint density at radius 1 is 0.962 bits per heavy atom. The van der Waals surface area contributed by atoms with Crippen LogP contribution in [0.15, 0.2) is 45.3 Å². The van der Waals surface area contributed by atoms with E-state index in [9.17, 15) is 4.79 Å². The Labute approximate surface area is 170 Å². The van der Waals surface area contributed by atoms with E-state index in [0.717, 1.165) is 31.6 Å². The molecule has 0 spiro atoms. The van der Waals surface area contributed by atoms with Gasteiger partial charge in [-0.15, -0.1) is 0 Å². The summed E-state index contributed by atoms with van der Waals surface area (Å²) in [5.41, 5.74) is 1.95. The molecule has 0 saturated carbocycles. The van der Waals surface area contributed by atoms with Crippen molar-refractivity contribution in [3.8, 4) is 11.5 Å². The third-order valence-electron chi connectivity index (χ3n) is 4.89. The molecule has 0 bridgehead atoms. The third kappa shape index (κ3) is 3.82. The van der Waals surface area contributed by atoms with E-state index in [1.165, 1.54) is 0 Å². The fourth-order valence-corrected chi connectivity index (χ4v) is 4.24. The van der Waals surface area contributed by atoms with Crippen molar-refractivity contribution in [2.45, 2.75) is 25.4 Å². The average Bonchev–Trinajstić information content (AvgIpc) is 2.63. The van der Waals surface area contributed by atoms with Crippen molar-refractivity contribution in [1.29, 1.82) is 0 Å². The molecule has 3 atom stereocenters. The predicted molar refractivity (Wildman–Crippen MR) is 109 cm³/mol. The van der Waals surface area contributed by atoms with Crippen molar-refractivity contribution >= 4 is 37.6 Å². The summed E-state index contributed by atoms with van der Waals surface area (Å²) in [5, 5.41) is 3.65. The standard InChI is InChI=1S/C20H21Br2NO3/c1-11-17(24)10-16(14-8-12(21)4-6-18(14)25-2)23-20(11)15-9-13(22)5-7-19(15)26-3/h4-9,11,16,20,23H,10H2,1-3H3/t11-,16+,20+/m1/s1. The smallest absolute Gasteiger partial charge is 0.139 e. The van der Waals surface area contributed by atoms with Crippen molar-refractivity contribution in [3.63, 3.8) is 0 Å². The highest BCUT2D eigenvalue weighted by molar-refractivity contribution is 9.10. The maximum absolute atomic E-state index is 12.8. The Hall–Kier alpha value is -1.37. The number of piperidine rings is 1. The zero-order valence-corrected chi connectivity index (χ0v) is 18.1. The number of methoxy groups -OCH3 is 2. The molecule has 1 N–H and O–H groups in total. The molecule has 1 aliphatic heterocycles. The number of rotatable bonds is 4. The van der Waals surface area contributed by atoms with E-state index in [0.29, 0.717) is 6.42 Å². The van der Waals surface area contributed by atoms with Gasteiger partial charge >= 0.3 is 0 Å². The number of ether oxygens (including phenoxy) is 2. The maximum Gasteiger partial charge on any atom is 0.139 e. The summed E-state index contributed by atoms with van der Waals surface area (Å²) in [6.07, 6.45) is 0.431. The van der Waals surface area contributed by atoms with Gasteiger partial charge in [-0.3, -0.25) is 4.79 Å². The molecular formula is C20H21Br2NO3. The SMILES string of the molecule is COc1ccc(Br)cc1[C@@H]1CC(=O)[C@@H](C)[C@@H](c2cc(Br)ccc2OC)N1. The summed E-state index contributed by atoms with van der Waals surface area (Å²) < 4.78 is 13.0. The first-order valence-electron chi connectivity index (χ1n) is 8.40. The highest BCUT2D eigenvalue weighted by atomic mass is 79.9. The summed E-state index contributed by atoms with van der Waals surface area (Å²) in [6, 6.07) is 11.5. The van der Waals surface area contributed by atoms with Crippen LogP contribution in [0.3, 0.4) is 0 Å². The largest absolute Gasteiger partial charge is 0.496 e. The molecular weight excluding hydrogens is 462 g/mol. The molecule has 1 aliphatic rings. The first-order chi connectivity index (χ1) is 12.4. The maximum atomic E-state index is 12.8. The molecule has 2 aromatic carbocycles. The van der Waals surface area contributed by atoms with Crippen LogP contribution < -0.4 is 14.8 Å². The lowest BCUT2D eigenvalue weighted by Gasteiger charge is -2.36. The van der Waals surface area contributed by atoms with Gasteiger partial charge in [-0.1, -0.05) is 38.8 Å². The van der Waals surface area contributed by atoms with Crippen molar-refractivity contribution in [1.82, 2.24) is 5.32 Å². The normalized spacial score (nSPS) is 23.0. The first-order valence-corrected chi connectivity index (χ1v) is 9.98. The minimum atomic E-state index is -0.146. The molecule has 2 aromatic rings. The van der Waals surface area contributed by atoms with Crippen LogP contribution in [0.4, 0.5) is 0 Å². The van der Waals surface area contributed by atoms with Crippen LogP contribution in [0.2, 0.25) is 0 Å². The van der Waals surface area contributed by atoms with E-state index in [1.54, 1.807) is 14.2 Å². The molecule has 0 aromatic heterocycles. The van der Waals surface area contributed by atoms with Gasteiger partial charge in [0.15, 0.2) is 0 Å². The van der Waals surface area contributed by atoms with E-state index < -0.39 is 0 Å². The van der Waals surface area contributed by atoms with Crippen molar-refractivity contribution in [3.05, 3.63) is 56.5 Å². The summed E-state index contributed by atoms with van der Waals surface area (Å²) in [4.78, 5) is 12.8. The molecule has 26 heavy (non-hydrogen) atoms.